The number of hydrogen-bond donors (Lipinski definition) is 1. The number of benzene rings is 2. The first kappa shape index (κ1) is 15.0. The normalized spacial score (nSPS) is 24.0. The van der Waals surface area contributed by atoms with Gasteiger partial charge in [-0.3, -0.25) is 0 Å². The van der Waals surface area contributed by atoms with Crippen molar-refractivity contribution in [2.75, 3.05) is 11.9 Å². The zero-order valence-corrected chi connectivity index (χ0v) is 13.7. The number of carbonyl (C=O) groups is 1. The third-order valence-corrected chi connectivity index (χ3v) is 5.03. The maximum Gasteiger partial charge on any atom is 0.338 e. The molecule has 2 aliphatic rings. The van der Waals surface area contributed by atoms with Crippen LogP contribution in [0.4, 0.5) is 5.69 Å². The molecule has 0 saturated carbocycles. The molecule has 0 fully saturated rings. The third kappa shape index (κ3) is 2.50. The first-order chi connectivity index (χ1) is 11.8. The molecule has 0 unspecified atom stereocenters. The monoisotopic (exact) mass is 319 g/mol. The minimum absolute atomic E-state index is 0.246. The number of hydrogen-bond acceptors (Lipinski definition) is 3. The van der Waals surface area contributed by atoms with Crippen molar-refractivity contribution in [2.45, 2.75) is 25.3 Å². The second-order valence-corrected chi connectivity index (χ2v) is 6.41. The van der Waals surface area contributed by atoms with Crippen LogP contribution in [0.2, 0.25) is 0 Å². The lowest BCUT2D eigenvalue weighted by Gasteiger charge is -2.37. The second kappa shape index (κ2) is 6.16. The molecule has 3 heteroatoms. The highest BCUT2D eigenvalue weighted by Gasteiger charge is 2.38. The lowest BCUT2D eigenvalue weighted by atomic mass is 9.76. The van der Waals surface area contributed by atoms with E-state index in [1.165, 1.54) is 11.1 Å². The number of fused-ring (bicyclic) bond motifs is 3. The van der Waals surface area contributed by atoms with Crippen molar-refractivity contribution >= 4 is 11.7 Å². The SMILES string of the molecule is CCOC(=O)c1ccc2c(c1)[C@@H]1C=CC[C@@H]1[C@@H](c1ccccc1)N2. The molecule has 1 aliphatic carbocycles. The summed E-state index contributed by atoms with van der Waals surface area (Å²) in [4.78, 5) is 12.0. The minimum Gasteiger partial charge on any atom is -0.462 e. The number of rotatable bonds is 3. The highest BCUT2D eigenvalue weighted by Crippen LogP contribution is 2.49. The van der Waals surface area contributed by atoms with Crippen LogP contribution in [-0.4, -0.2) is 12.6 Å². The zero-order valence-electron chi connectivity index (χ0n) is 13.7. The topological polar surface area (TPSA) is 38.3 Å². The molecule has 0 amide bonds. The molecule has 3 atom stereocenters. The molecule has 0 aromatic heterocycles. The van der Waals surface area contributed by atoms with Crippen LogP contribution >= 0.6 is 0 Å². The van der Waals surface area contributed by atoms with Gasteiger partial charge in [0.15, 0.2) is 0 Å². The number of esters is 1. The van der Waals surface area contributed by atoms with Crippen molar-refractivity contribution in [3.8, 4) is 0 Å². The molecule has 122 valence electrons. The fourth-order valence-electron chi connectivity index (χ4n) is 3.93. The van der Waals surface area contributed by atoms with Gasteiger partial charge in [-0.15, -0.1) is 0 Å². The summed E-state index contributed by atoms with van der Waals surface area (Å²) in [6.45, 7) is 2.23. The summed E-state index contributed by atoms with van der Waals surface area (Å²) in [7, 11) is 0. The molecule has 1 N–H and O–H groups in total. The lowest BCUT2D eigenvalue weighted by Crippen LogP contribution is -2.29. The molecule has 24 heavy (non-hydrogen) atoms. The molecular formula is C21H21NO2. The van der Waals surface area contributed by atoms with E-state index in [0.717, 1.165) is 12.1 Å². The van der Waals surface area contributed by atoms with Crippen LogP contribution in [0.1, 0.15) is 46.8 Å². The van der Waals surface area contributed by atoms with Crippen LogP contribution in [0.15, 0.2) is 60.7 Å². The molecule has 1 heterocycles. The fourth-order valence-corrected chi connectivity index (χ4v) is 3.93. The van der Waals surface area contributed by atoms with E-state index in [4.69, 9.17) is 4.74 Å². The van der Waals surface area contributed by atoms with Crippen molar-refractivity contribution in [3.63, 3.8) is 0 Å². The van der Waals surface area contributed by atoms with E-state index in [1.807, 2.05) is 25.1 Å². The Balaban J connectivity index is 1.72. The number of allylic oxidation sites excluding steroid dienone is 2. The van der Waals surface area contributed by atoms with Gasteiger partial charge in [0.1, 0.15) is 0 Å². The Morgan fingerprint density at radius 2 is 2.04 bits per heavy atom. The summed E-state index contributed by atoms with van der Waals surface area (Å²) in [6, 6.07) is 16.8. The first-order valence-electron chi connectivity index (χ1n) is 8.57. The fraction of sp³-hybridized carbons (Fsp3) is 0.286. The first-order valence-corrected chi connectivity index (χ1v) is 8.57. The number of nitrogens with one attached hydrogen (secondary N) is 1. The van der Waals surface area contributed by atoms with Gasteiger partial charge in [0.2, 0.25) is 0 Å². The van der Waals surface area contributed by atoms with Gasteiger partial charge >= 0.3 is 5.97 Å². The molecule has 0 bridgehead atoms. The van der Waals surface area contributed by atoms with E-state index >= 15 is 0 Å². The van der Waals surface area contributed by atoms with Gasteiger partial charge in [-0.25, -0.2) is 4.79 Å². The Morgan fingerprint density at radius 3 is 2.83 bits per heavy atom. The quantitative estimate of drug-likeness (QED) is 0.659. The summed E-state index contributed by atoms with van der Waals surface area (Å²) in [5.41, 5.74) is 4.27. The van der Waals surface area contributed by atoms with Gasteiger partial charge in [0.05, 0.1) is 18.2 Å². The summed E-state index contributed by atoms with van der Waals surface area (Å²) in [5, 5.41) is 3.69. The molecule has 0 radical (unpaired) electrons. The van der Waals surface area contributed by atoms with Gasteiger partial charge in [-0.05, 0) is 48.6 Å². The van der Waals surface area contributed by atoms with E-state index in [9.17, 15) is 4.79 Å². The summed E-state index contributed by atoms with van der Waals surface area (Å²) in [6.07, 6.45) is 5.61. The Kier molecular flexibility index (Phi) is 3.85. The summed E-state index contributed by atoms with van der Waals surface area (Å²) < 4.78 is 5.14. The van der Waals surface area contributed by atoms with Crippen LogP contribution < -0.4 is 5.32 Å². The summed E-state index contributed by atoms with van der Waals surface area (Å²) in [5.74, 6) is 0.585. The van der Waals surface area contributed by atoms with Crippen LogP contribution in [0.25, 0.3) is 0 Å². The smallest absolute Gasteiger partial charge is 0.338 e. The molecule has 2 aromatic rings. The van der Waals surface area contributed by atoms with E-state index in [2.05, 4.69) is 47.8 Å². The van der Waals surface area contributed by atoms with Gasteiger partial charge in [-0.1, -0.05) is 42.5 Å². The van der Waals surface area contributed by atoms with Gasteiger partial charge < -0.3 is 10.1 Å². The van der Waals surface area contributed by atoms with Gasteiger partial charge in [-0.2, -0.15) is 0 Å². The van der Waals surface area contributed by atoms with Gasteiger partial charge in [0, 0.05) is 11.6 Å². The zero-order chi connectivity index (χ0) is 16.5. The minimum atomic E-state index is -0.246. The van der Waals surface area contributed by atoms with Crippen molar-refractivity contribution in [1.82, 2.24) is 0 Å². The Bertz CT molecular complexity index is 782. The van der Waals surface area contributed by atoms with Crippen molar-refractivity contribution in [2.24, 2.45) is 5.92 Å². The number of carbonyl (C=O) groups excluding carboxylic acids is 1. The highest BCUT2D eigenvalue weighted by atomic mass is 16.5. The average molecular weight is 319 g/mol. The van der Waals surface area contributed by atoms with Crippen molar-refractivity contribution in [3.05, 3.63) is 77.4 Å². The molecule has 0 spiro atoms. The van der Waals surface area contributed by atoms with Crippen LogP contribution in [0.5, 0.6) is 0 Å². The van der Waals surface area contributed by atoms with Crippen molar-refractivity contribution in [1.29, 1.82) is 0 Å². The van der Waals surface area contributed by atoms with E-state index < -0.39 is 0 Å². The third-order valence-electron chi connectivity index (χ3n) is 5.03. The molecule has 2 aromatic carbocycles. The second-order valence-electron chi connectivity index (χ2n) is 6.41. The molecular weight excluding hydrogens is 298 g/mol. The Hall–Kier alpha value is -2.55. The highest BCUT2D eigenvalue weighted by molar-refractivity contribution is 5.90. The average Bonchev–Trinajstić information content (AvgIpc) is 3.11. The maximum absolute atomic E-state index is 12.0. The van der Waals surface area contributed by atoms with Crippen molar-refractivity contribution < 1.29 is 9.53 Å². The Labute approximate surface area is 142 Å². The molecule has 1 aliphatic heterocycles. The number of ether oxygens (including phenoxy) is 1. The molecule has 3 nitrogen and oxygen atoms in total. The lowest BCUT2D eigenvalue weighted by molar-refractivity contribution is 0.0526. The standard InChI is InChI=1S/C21H21NO2/c1-2-24-21(23)15-11-12-19-18(13-15)16-9-6-10-17(16)20(22-19)14-7-4-3-5-8-14/h3-9,11-13,16-17,20,22H,2,10H2,1H3/t16-,17+,20-/m1/s1. The van der Waals surface area contributed by atoms with Crippen LogP contribution in [-0.2, 0) is 4.74 Å². The van der Waals surface area contributed by atoms with E-state index in [1.54, 1.807) is 0 Å². The largest absolute Gasteiger partial charge is 0.462 e. The van der Waals surface area contributed by atoms with E-state index in [0.29, 0.717) is 30.0 Å². The molecule has 4 rings (SSSR count). The predicted molar refractivity (Wildman–Crippen MR) is 95.2 cm³/mol. The predicted octanol–water partition coefficient (Wildman–Crippen LogP) is 4.69. The Morgan fingerprint density at radius 1 is 1.21 bits per heavy atom. The van der Waals surface area contributed by atoms with Crippen LogP contribution in [0.3, 0.4) is 0 Å². The number of anilines is 1. The molecule has 0 saturated heterocycles. The van der Waals surface area contributed by atoms with Gasteiger partial charge in [0.25, 0.3) is 0 Å². The summed E-state index contributed by atoms with van der Waals surface area (Å²) >= 11 is 0. The maximum atomic E-state index is 12.0. The van der Waals surface area contributed by atoms with E-state index in [-0.39, 0.29) is 5.97 Å². The van der Waals surface area contributed by atoms with Crippen LogP contribution in [0, 0.1) is 5.92 Å².